The molecule has 0 aliphatic rings. The van der Waals surface area contributed by atoms with Crippen LogP contribution in [0.25, 0.3) is 10.9 Å². The third-order valence-electron chi connectivity index (χ3n) is 3.30. The van der Waals surface area contributed by atoms with Crippen LogP contribution in [0.15, 0.2) is 24.4 Å². The molecule has 2 rings (SSSR count). The molecule has 0 aliphatic heterocycles. The zero-order valence-electron chi connectivity index (χ0n) is 14.1. The van der Waals surface area contributed by atoms with Gasteiger partial charge in [-0.25, -0.2) is 4.79 Å². The molecule has 0 aliphatic carbocycles. The Balaban J connectivity index is 2.04. The number of carbonyl (C=O) groups excluding carboxylic acids is 1. The van der Waals surface area contributed by atoms with Crippen molar-refractivity contribution in [2.24, 2.45) is 0 Å². The van der Waals surface area contributed by atoms with Gasteiger partial charge in [-0.3, -0.25) is 0 Å². The van der Waals surface area contributed by atoms with Crippen molar-refractivity contribution in [2.45, 2.75) is 26.4 Å². The van der Waals surface area contributed by atoms with E-state index in [0.29, 0.717) is 5.75 Å². The van der Waals surface area contributed by atoms with Crippen LogP contribution in [0.3, 0.4) is 0 Å². The average molecular weight is 320 g/mol. The van der Waals surface area contributed by atoms with Crippen molar-refractivity contribution in [1.82, 2.24) is 9.88 Å². The summed E-state index contributed by atoms with van der Waals surface area (Å²) in [5.74, 6) is 0.690. The van der Waals surface area contributed by atoms with E-state index in [4.69, 9.17) is 14.2 Å². The molecule has 1 N–H and O–H groups in total. The molecule has 0 unspecified atom stereocenters. The summed E-state index contributed by atoms with van der Waals surface area (Å²) in [5, 5.41) is 1.02. The second kappa shape index (κ2) is 7.87. The number of H-pyrrole nitrogens is 1. The predicted octanol–water partition coefficient (Wildman–Crippen LogP) is 3.17. The van der Waals surface area contributed by atoms with Crippen molar-refractivity contribution < 1.29 is 19.0 Å². The summed E-state index contributed by atoms with van der Waals surface area (Å²) in [5.41, 5.74) is 2.18. The van der Waals surface area contributed by atoms with Gasteiger partial charge in [-0.15, -0.1) is 0 Å². The minimum atomic E-state index is -0.728. The van der Waals surface area contributed by atoms with Crippen molar-refractivity contribution >= 4 is 17.1 Å². The van der Waals surface area contributed by atoms with Gasteiger partial charge >= 0.3 is 6.16 Å². The Hall–Kier alpha value is -2.21. The van der Waals surface area contributed by atoms with Crippen LogP contribution < -0.4 is 4.74 Å². The van der Waals surface area contributed by atoms with Crippen molar-refractivity contribution in [3.63, 3.8) is 0 Å². The molecule has 0 bridgehead atoms. The largest absolute Gasteiger partial charge is 0.511 e. The lowest BCUT2D eigenvalue weighted by Crippen LogP contribution is -2.16. The number of aromatic nitrogens is 1. The molecule has 0 spiro atoms. The molecule has 1 heterocycles. The van der Waals surface area contributed by atoms with E-state index >= 15 is 0 Å². The molecular weight excluding hydrogens is 296 g/mol. The lowest BCUT2D eigenvalue weighted by Gasteiger charge is -2.12. The van der Waals surface area contributed by atoms with E-state index in [9.17, 15) is 4.79 Å². The lowest BCUT2D eigenvalue weighted by atomic mass is 10.1. The highest BCUT2D eigenvalue weighted by atomic mass is 16.8. The zero-order valence-corrected chi connectivity index (χ0v) is 14.1. The number of hydrogen-bond donors (Lipinski definition) is 1. The highest BCUT2D eigenvalue weighted by molar-refractivity contribution is 5.89. The summed E-state index contributed by atoms with van der Waals surface area (Å²) in [6, 6.07) is 5.76. The molecule has 6 nitrogen and oxygen atoms in total. The Labute approximate surface area is 136 Å². The predicted molar refractivity (Wildman–Crippen MR) is 88.8 cm³/mol. The summed E-state index contributed by atoms with van der Waals surface area (Å²) in [6.45, 7) is 4.29. The van der Waals surface area contributed by atoms with Gasteiger partial charge < -0.3 is 24.1 Å². The Morgan fingerprint density at radius 1 is 1.30 bits per heavy atom. The molecule has 0 fully saturated rings. The second-order valence-electron chi connectivity index (χ2n) is 5.87. The second-order valence-corrected chi connectivity index (χ2v) is 5.87. The minimum absolute atomic E-state index is 0.178. The third-order valence-corrected chi connectivity index (χ3v) is 3.30. The Morgan fingerprint density at radius 2 is 2.09 bits per heavy atom. The van der Waals surface area contributed by atoms with Crippen LogP contribution in [0.2, 0.25) is 0 Å². The van der Waals surface area contributed by atoms with Gasteiger partial charge in [0.25, 0.3) is 0 Å². The van der Waals surface area contributed by atoms with Crippen molar-refractivity contribution in [2.75, 3.05) is 27.4 Å². The van der Waals surface area contributed by atoms with E-state index in [1.165, 1.54) is 5.56 Å². The van der Waals surface area contributed by atoms with Crippen LogP contribution in [0.1, 0.15) is 19.4 Å². The summed E-state index contributed by atoms with van der Waals surface area (Å²) in [4.78, 5) is 16.7. The lowest BCUT2D eigenvalue weighted by molar-refractivity contribution is -0.00773. The molecule has 0 saturated heterocycles. The first kappa shape index (κ1) is 17.1. The first-order valence-corrected chi connectivity index (χ1v) is 7.67. The highest BCUT2D eigenvalue weighted by Crippen LogP contribution is 2.29. The van der Waals surface area contributed by atoms with Crippen LogP contribution in [0, 0.1) is 0 Å². The summed E-state index contributed by atoms with van der Waals surface area (Å²) in [7, 11) is 4.08. The number of benzene rings is 1. The first-order chi connectivity index (χ1) is 11.0. The topological polar surface area (TPSA) is 63.8 Å². The number of carbonyl (C=O) groups is 1. The van der Waals surface area contributed by atoms with Crippen LogP contribution in [-0.4, -0.2) is 49.6 Å². The van der Waals surface area contributed by atoms with Gasteiger partial charge in [0.15, 0.2) is 0 Å². The van der Waals surface area contributed by atoms with Crippen LogP contribution >= 0.6 is 0 Å². The number of aromatic amines is 1. The van der Waals surface area contributed by atoms with Crippen LogP contribution in [-0.2, 0) is 15.9 Å². The van der Waals surface area contributed by atoms with Crippen molar-refractivity contribution in [3.8, 4) is 5.75 Å². The maximum atomic E-state index is 11.4. The smallest absolute Gasteiger partial charge is 0.457 e. The highest BCUT2D eigenvalue weighted by Gasteiger charge is 2.11. The molecule has 1 aromatic carbocycles. The van der Waals surface area contributed by atoms with E-state index in [2.05, 4.69) is 9.88 Å². The number of hydrogen-bond acceptors (Lipinski definition) is 5. The van der Waals surface area contributed by atoms with Crippen molar-refractivity contribution in [3.05, 3.63) is 30.0 Å². The Morgan fingerprint density at radius 3 is 2.78 bits per heavy atom. The molecule has 0 atom stereocenters. The number of nitrogens with zero attached hydrogens (tertiary/aromatic N) is 1. The van der Waals surface area contributed by atoms with Gasteiger partial charge in [0, 0.05) is 23.6 Å². The fourth-order valence-electron chi connectivity index (χ4n) is 2.25. The fourth-order valence-corrected chi connectivity index (χ4v) is 2.25. The molecular formula is C17H24N2O4. The standard InChI is InChI=1S/C17H24N2O4/c1-12(2)23-17(20)22-11-21-15-7-5-6-14-16(15)13(10-18-14)8-9-19(3)4/h5-7,10,12,18H,8-9,11H2,1-4H3. The third kappa shape index (κ3) is 4.89. The quantitative estimate of drug-likeness (QED) is 0.627. The number of ether oxygens (including phenoxy) is 3. The number of fused-ring (bicyclic) bond motifs is 1. The average Bonchev–Trinajstić information content (AvgIpc) is 2.88. The SMILES string of the molecule is CC(C)OC(=O)OCOc1cccc2[nH]cc(CCN(C)C)c12. The molecule has 0 radical (unpaired) electrons. The molecule has 6 heteroatoms. The van der Waals surface area contributed by atoms with Gasteiger partial charge in [0.05, 0.1) is 6.10 Å². The van der Waals surface area contributed by atoms with Crippen LogP contribution in [0.4, 0.5) is 4.79 Å². The zero-order chi connectivity index (χ0) is 16.8. The van der Waals surface area contributed by atoms with Gasteiger partial charge in [0.2, 0.25) is 6.79 Å². The summed E-state index contributed by atoms with van der Waals surface area (Å²) >= 11 is 0. The fraction of sp³-hybridized carbons (Fsp3) is 0.471. The molecule has 0 amide bonds. The number of rotatable bonds is 7. The summed E-state index contributed by atoms with van der Waals surface area (Å²) < 4.78 is 15.4. The molecule has 1 aromatic heterocycles. The van der Waals surface area contributed by atoms with E-state index in [-0.39, 0.29) is 12.9 Å². The monoisotopic (exact) mass is 320 g/mol. The van der Waals surface area contributed by atoms with E-state index in [1.807, 2.05) is 38.5 Å². The van der Waals surface area contributed by atoms with E-state index in [0.717, 1.165) is 23.9 Å². The van der Waals surface area contributed by atoms with E-state index < -0.39 is 6.16 Å². The maximum absolute atomic E-state index is 11.4. The van der Waals surface area contributed by atoms with E-state index in [1.54, 1.807) is 13.8 Å². The molecule has 2 aromatic rings. The minimum Gasteiger partial charge on any atom is -0.457 e. The number of nitrogens with one attached hydrogen (secondary N) is 1. The van der Waals surface area contributed by atoms with Crippen molar-refractivity contribution in [1.29, 1.82) is 0 Å². The van der Waals surface area contributed by atoms with Gasteiger partial charge in [0.1, 0.15) is 5.75 Å². The normalized spacial score (nSPS) is 11.2. The van der Waals surface area contributed by atoms with Gasteiger partial charge in [-0.2, -0.15) is 0 Å². The maximum Gasteiger partial charge on any atom is 0.511 e. The number of likely N-dealkylation sites (N-methyl/N-ethyl adjacent to an activating group) is 1. The van der Waals surface area contributed by atoms with Crippen LogP contribution in [0.5, 0.6) is 5.75 Å². The Kier molecular flexibility index (Phi) is 5.87. The molecule has 126 valence electrons. The van der Waals surface area contributed by atoms with Gasteiger partial charge in [-0.1, -0.05) is 6.07 Å². The van der Waals surface area contributed by atoms with Gasteiger partial charge in [-0.05, 0) is 52.1 Å². The summed E-state index contributed by atoms with van der Waals surface area (Å²) in [6.07, 6.45) is 1.96. The molecule has 23 heavy (non-hydrogen) atoms. The molecule has 0 saturated carbocycles. The first-order valence-electron chi connectivity index (χ1n) is 7.67. The Bertz CT molecular complexity index is 649.